The van der Waals surface area contributed by atoms with E-state index in [0.29, 0.717) is 0 Å². The molecule has 1 rings (SSSR count). The van der Waals surface area contributed by atoms with Crippen LogP contribution in [0.3, 0.4) is 0 Å². The van der Waals surface area contributed by atoms with E-state index >= 15 is 0 Å². The maximum atomic E-state index is 3.49. The van der Waals surface area contributed by atoms with Gasteiger partial charge in [0.1, 0.15) is 0 Å². The van der Waals surface area contributed by atoms with E-state index in [1.165, 1.54) is 32.1 Å². The highest BCUT2D eigenvalue weighted by Crippen LogP contribution is 2.28. The molecule has 1 aliphatic carbocycles. The first kappa shape index (κ1) is 7.84. The molecule has 10 heavy (non-hydrogen) atoms. The standard InChI is InChI=1S/C10H17/c1-3-9-7-5-6-8-10(9)4-2/h9H,3-7H2,1-2H3. The molecule has 1 atom stereocenters. The van der Waals surface area contributed by atoms with Gasteiger partial charge in [0.05, 0.1) is 0 Å². The quantitative estimate of drug-likeness (QED) is 0.547. The van der Waals surface area contributed by atoms with Crippen LogP contribution in [-0.4, -0.2) is 0 Å². The fourth-order valence-electron chi connectivity index (χ4n) is 1.78. The molecule has 1 unspecified atom stereocenters. The molecule has 1 aliphatic rings. The first-order valence-corrected chi connectivity index (χ1v) is 4.48. The molecule has 1 radical (unpaired) electrons. The summed E-state index contributed by atoms with van der Waals surface area (Å²) in [6.07, 6.45) is 10.0. The van der Waals surface area contributed by atoms with Crippen LogP contribution in [0.4, 0.5) is 0 Å². The van der Waals surface area contributed by atoms with Gasteiger partial charge in [-0.05, 0) is 44.1 Å². The van der Waals surface area contributed by atoms with Crippen molar-refractivity contribution in [1.29, 1.82) is 0 Å². The van der Waals surface area contributed by atoms with Crippen LogP contribution in [0.1, 0.15) is 46.0 Å². The lowest BCUT2D eigenvalue weighted by molar-refractivity contribution is 0.479. The molecule has 0 nitrogen and oxygen atoms in total. The zero-order chi connectivity index (χ0) is 7.40. The lowest BCUT2D eigenvalue weighted by atomic mass is 9.85. The van der Waals surface area contributed by atoms with Crippen LogP contribution < -0.4 is 0 Å². The first-order valence-electron chi connectivity index (χ1n) is 4.48. The molecule has 0 aromatic heterocycles. The second-order valence-electron chi connectivity index (χ2n) is 3.05. The van der Waals surface area contributed by atoms with Crippen molar-refractivity contribution in [3.8, 4) is 0 Å². The van der Waals surface area contributed by atoms with Gasteiger partial charge < -0.3 is 0 Å². The number of rotatable bonds is 2. The lowest BCUT2D eigenvalue weighted by Gasteiger charge is -2.21. The van der Waals surface area contributed by atoms with Crippen LogP contribution in [0.5, 0.6) is 0 Å². The van der Waals surface area contributed by atoms with E-state index in [9.17, 15) is 0 Å². The van der Waals surface area contributed by atoms with Gasteiger partial charge >= 0.3 is 0 Å². The summed E-state index contributed by atoms with van der Waals surface area (Å²) < 4.78 is 0. The summed E-state index contributed by atoms with van der Waals surface area (Å²) in [7, 11) is 0. The van der Waals surface area contributed by atoms with Gasteiger partial charge in [0, 0.05) is 0 Å². The third kappa shape index (κ3) is 1.62. The molecule has 57 valence electrons. The Morgan fingerprint density at radius 1 is 1.50 bits per heavy atom. The maximum absolute atomic E-state index is 3.49. The van der Waals surface area contributed by atoms with Crippen LogP contribution >= 0.6 is 0 Å². The Balaban J connectivity index is 2.53. The second kappa shape index (κ2) is 3.80. The van der Waals surface area contributed by atoms with Crippen molar-refractivity contribution in [2.75, 3.05) is 0 Å². The first-order chi connectivity index (χ1) is 4.88. The predicted octanol–water partition coefficient (Wildman–Crippen LogP) is 3.34. The summed E-state index contributed by atoms with van der Waals surface area (Å²) in [5, 5.41) is 0. The Hall–Kier alpha value is -0.260. The Morgan fingerprint density at radius 2 is 2.30 bits per heavy atom. The van der Waals surface area contributed by atoms with Gasteiger partial charge in [-0.15, -0.1) is 0 Å². The van der Waals surface area contributed by atoms with Gasteiger partial charge in [-0.1, -0.05) is 19.4 Å². The van der Waals surface area contributed by atoms with Gasteiger partial charge in [-0.2, -0.15) is 0 Å². The van der Waals surface area contributed by atoms with E-state index < -0.39 is 0 Å². The Kier molecular flexibility index (Phi) is 2.98. The fraction of sp³-hybridized carbons (Fsp3) is 0.800. The third-order valence-corrected chi connectivity index (χ3v) is 2.45. The molecular weight excluding hydrogens is 120 g/mol. The summed E-state index contributed by atoms with van der Waals surface area (Å²) in [6.45, 7) is 4.53. The SMILES string of the molecule is CCC1=[C]CCCC1CC. The Morgan fingerprint density at radius 3 is 2.80 bits per heavy atom. The van der Waals surface area contributed by atoms with Crippen LogP contribution in [-0.2, 0) is 0 Å². The molecule has 0 saturated carbocycles. The predicted molar refractivity (Wildman–Crippen MR) is 44.7 cm³/mol. The Labute approximate surface area is 64.3 Å². The number of allylic oxidation sites excluding steroid dienone is 2. The topological polar surface area (TPSA) is 0 Å². The van der Waals surface area contributed by atoms with Gasteiger partial charge in [0.15, 0.2) is 0 Å². The summed E-state index contributed by atoms with van der Waals surface area (Å²) in [5.41, 5.74) is 1.59. The molecule has 0 bridgehead atoms. The van der Waals surface area contributed by atoms with Crippen LogP contribution in [0, 0.1) is 12.0 Å². The van der Waals surface area contributed by atoms with E-state index in [0.717, 1.165) is 5.92 Å². The summed E-state index contributed by atoms with van der Waals surface area (Å²) in [6, 6.07) is 0. The molecule has 0 amide bonds. The highest BCUT2D eigenvalue weighted by Gasteiger charge is 2.13. The molecule has 0 N–H and O–H groups in total. The molecular formula is C10H17. The fourth-order valence-corrected chi connectivity index (χ4v) is 1.78. The molecule has 0 heterocycles. The number of hydrogen-bond acceptors (Lipinski definition) is 0. The summed E-state index contributed by atoms with van der Waals surface area (Å²) in [5.74, 6) is 0.874. The smallest absolute Gasteiger partial charge is 0.0200 e. The highest BCUT2D eigenvalue weighted by atomic mass is 14.2. The monoisotopic (exact) mass is 137 g/mol. The average molecular weight is 137 g/mol. The van der Waals surface area contributed by atoms with Gasteiger partial charge in [-0.3, -0.25) is 0 Å². The van der Waals surface area contributed by atoms with Crippen molar-refractivity contribution >= 4 is 0 Å². The van der Waals surface area contributed by atoms with E-state index in [1.54, 1.807) is 5.57 Å². The van der Waals surface area contributed by atoms with E-state index in [1.807, 2.05) is 0 Å². The van der Waals surface area contributed by atoms with Gasteiger partial charge in [0.25, 0.3) is 0 Å². The maximum Gasteiger partial charge on any atom is -0.0200 e. The van der Waals surface area contributed by atoms with Crippen molar-refractivity contribution in [3.05, 3.63) is 11.6 Å². The average Bonchev–Trinajstić information content (AvgIpc) is 2.04. The molecule has 0 fully saturated rings. The molecule has 0 aromatic carbocycles. The van der Waals surface area contributed by atoms with Gasteiger partial charge in [-0.25, -0.2) is 0 Å². The summed E-state index contributed by atoms with van der Waals surface area (Å²) >= 11 is 0. The zero-order valence-corrected chi connectivity index (χ0v) is 7.11. The summed E-state index contributed by atoms with van der Waals surface area (Å²) in [4.78, 5) is 0. The van der Waals surface area contributed by atoms with E-state index in [4.69, 9.17) is 0 Å². The van der Waals surface area contributed by atoms with E-state index in [-0.39, 0.29) is 0 Å². The minimum atomic E-state index is 0.874. The second-order valence-corrected chi connectivity index (χ2v) is 3.05. The highest BCUT2D eigenvalue weighted by molar-refractivity contribution is 5.04. The van der Waals surface area contributed by atoms with Crippen molar-refractivity contribution in [1.82, 2.24) is 0 Å². The van der Waals surface area contributed by atoms with Crippen molar-refractivity contribution in [2.24, 2.45) is 5.92 Å². The van der Waals surface area contributed by atoms with Gasteiger partial charge in [0.2, 0.25) is 0 Å². The number of hydrogen-bond donors (Lipinski definition) is 0. The van der Waals surface area contributed by atoms with Crippen molar-refractivity contribution in [2.45, 2.75) is 46.0 Å². The minimum Gasteiger partial charge on any atom is -0.0648 e. The molecule has 0 aromatic rings. The molecule has 0 heteroatoms. The molecule has 0 saturated heterocycles. The largest absolute Gasteiger partial charge is 0.0648 e. The third-order valence-electron chi connectivity index (χ3n) is 2.45. The van der Waals surface area contributed by atoms with Crippen molar-refractivity contribution < 1.29 is 0 Å². The Bertz CT molecular complexity index is 122. The van der Waals surface area contributed by atoms with Crippen LogP contribution in [0.15, 0.2) is 5.57 Å². The molecule has 0 spiro atoms. The molecule has 0 aliphatic heterocycles. The van der Waals surface area contributed by atoms with E-state index in [2.05, 4.69) is 19.9 Å². The lowest BCUT2D eigenvalue weighted by Crippen LogP contribution is -2.06. The van der Waals surface area contributed by atoms with Crippen LogP contribution in [0.25, 0.3) is 0 Å². The minimum absolute atomic E-state index is 0.874. The van der Waals surface area contributed by atoms with Crippen LogP contribution in [0.2, 0.25) is 0 Å². The zero-order valence-electron chi connectivity index (χ0n) is 7.11. The van der Waals surface area contributed by atoms with Crippen molar-refractivity contribution in [3.63, 3.8) is 0 Å². The normalized spacial score (nSPS) is 26.2.